The smallest absolute Gasteiger partial charge is 0.338 e. The van der Waals surface area contributed by atoms with E-state index in [0.717, 1.165) is 0 Å². The summed E-state index contributed by atoms with van der Waals surface area (Å²) in [5, 5.41) is 11.1. The van der Waals surface area contributed by atoms with Crippen molar-refractivity contribution in [3.8, 4) is 5.75 Å². The van der Waals surface area contributed by atoms with E-state index in [1.54, 1.807) is 80.0 Å². The van der Waals surface area contributed by atoms with Gasteiger partial charge in [-0.3, -0.25) is 14.6 Å². The van der Waals surface area contributed by atoms with E-state index in [2.05, 4.69) is 4.98 Å². The maximum absolute atomic E-state index is 13.2. The molecule has 0 bridgehead atoms. The Morgan fingerprint density at radius 3 is 2.49 bits per heavy atom. The van der Waals surface area contributed by atoms with Gasteiger partial charge in [0.05, 0.1) is 30.9 Å². The molecule has 1 aliphatic heterocycles. The van der Waals surface area contributed by atoms with Gasteiger partial charge in [0.25, 0.3) is 11.7 Å². The molecule has 1 aromatic heterocycles. The van der Waals surface area contributed by atoms with Crippen LogP contribution in [0.3, 0.4) is 0 Å². The Hall–Kier alpha value is -4.46. The van der Waals surface area contributed by atoms with Crippen LogP contribution in [0.15, 0.2) is 78.6 Å². The van der Waals surface area contributed by atoms with Crippen LogP contribution in [0.1, 0.15) is 40.0 Å². The van der Waals surface area contributed by atoms with Gasteiger partial charge in [-0.15, -0.1) is 0 Å². The van der Waals surface area contributed by atoms with Crippen molar-refractivity contribution in [2.75, 3.05) is 13.7 Å². The number of aromatic nitrogens is 1. The van der Waals surface area contributed by atoms with Gasteiger partial charge in [0.15, 0.2) is 0 Å². The molecular weight excluding hydrogens is 448 g/mol. The Balaban J connectivity index is 1.75. The van der Waals surface area contributed by atoms with Crippen molar-refractivity contribution in [3.05, 3.63) is 101 Å². The summed E-state index contributed by atoms with van der Waals surface area (Å²) < 4.78 is 10.2. The quantitative estimate of drug-likeness (QED) is 0.241. The lowest BCUT2D eigenvalue weighted by Crippen LogP contribution is -2.29. The number of ether oxygens (including phenoxy) is 2. The Morgan fingerprint density at radius 2 is 1.83 bits per heavy atom. The van der Waals surface area contributed by atoms with Crippen molar-refractivity contribution in [2.45, 2.75) is 19.5 Å². The molecule has 1 amide bonds. The summed E-state index contributed by atoms with van der Waals surface area (Å²) in [5.41, 5.74) is 2.00. The van der Waals surface area contributed by atoms with Crippen molar-refractivity contribution in [1.29, 1.82) is 0 Å². The number of ketones is 1. The third kappa shape index (κ3) is 4.77. The number of aliphatic hydroxyl groups excluding tert-OH is 1. The number of hydrogen-bond donors (Lipinski definition) is 1. The van der Waals surface area contributed by atoms with E-state index >= 15 is 0 Å². The highest BCUT2D eigenvalue weighted by Crippen LogP contribution is 2.40. The van der Waals surface area contributed by atoms with Gasteiger partial charge in [-0.25, -0.2) is 4.79 Å². The number of carbonyl (C=O) groups is 3. The summed E-state index contributed by atoms with van der Waals surface area (Å²) >= 11 is 0. The summed E-state index contributed by atoms with van der Waals surface area (Å²) in [7, 11) is 1.50. The molecule has 2 heterocycles. The fourth-order valence-corrected chi connectivity index (χ4v) is 4.01. The van der Waals surface area contributed by atoms with Crippen LogP contribution in [0, 0.1) is 0 Å². The molecule has 3 aromatic rings. The molecule has 1 fully saturated rings. The van der Waals surface area contributed by atoms with E-state index in [9.17, 15) is 19.5 Å². The predicted molar refractivity (Wildman–Crippen MR) is 127 cm³/mol. The van der Waals surface area contributed by atoms with Gasteiger partial charge >= 0.3 is 5.97 Å². The van der Waals surface area contributed by atoms with E-state index < -0.39 is 23.7 Å². The van der Waals surface area contributed by atoms with Crippen LogP contribution in [0.4, 0.5) is 0 Å². The van der Waals surface area contributed by atoms with Crippen LogP contribution in [-0.2, 0) is 20.9 Å². The number of Topliss-reactive ketones (excluding diaryl/α,β-unsaturated/α-hetero) is 1. The Bertz CT molecular complexity index is 1280. The molecule has 1 saturated heterocycles. The third-order valence-corrected chi connectivity index (χ3v) is 5.70. The first-order valence-corrected chi connectivity index (χ1v) is 11.0. The number of hydrogen-bond acceptors (Lipinski definition) is 7. The summed E-state index contributed by atoms with van der Waals surface area (Å²) in [5.74, 6) is -1.76. The number of carbonyl (C=O) groups excluding carboxylic acids is 3. The number of aliphatic hydroxyl groups is 1. The summed E-state index contributed by atoms with van der Waals surface area (Å²) in [6.45, 7) is 2.08. The molecule has 1 aliphatic rings. The molecule has 8 heteroatoms. The minimum atomic E-state index is -0.848. The third-order valence-electron chi connectivity index (χ3n) is 5.70. The molecular formula is C27H24N2O6. The van der Waals surface area contributed by atoms with Gasteiger partial charge in [0, 0.05) is 24.5 Å². The first kappa shape index (κ1) is 23.7. The molecule has 1 atom stereocenters. The number of amides is 1. The summed E-state index contributed by atoms with van der Waals surface area (Å²) in [4.78, 5) is 43.8. The second-order valence-electron chi connectivity index (χ2n) is 7.86. The fourth-order valence-electron chi connectivity index (χ4n) is 4.01. The Kier molecular flexibility index (Phi) is 6.91. The normalized spacial score (nSPS) is 16.9. The van der Waals surface area contributed by atoms with Gasteiger partial charge in [-0.2, -0.15) is 0 Å². The molecule has 8 nitrogen and oxygen atoms in total. The van der Waals surface area contributed by atoms with Gasteiger partial charge in [0.1, 0.15) is 11.5 Å². The molecule has 4 rings (SSSR count). The van der Waals surface area contributed by atoms with E-state index in [1.807, 2.05) is 0 Å². The lowest BCUT2D eigenvalue weighted by atomic mass is 9.96. The number of esters is 1. The molecule has 0 aliphatic carbocycles. The Morgan fingerprint density at radius 1 is 1.06 bits per heavy atom. The number of nitrogens with zero attached hydrogens (tertiary/aromatic N) is 2. The second kappa shape index (κ2) is 10.2. The first-order valence-electron chi connectivity index (χ1n) is 11.0. The van der Waals surface area contributed by atoms with Crippen molar-refractivity contribution in [3.63, 3.8) is 0 Å². The number of methoxy groups -OCH3 is 1. The van der Waals surface area contributed by atoms with Crippen molar-refractivity contribution < 1.29 is 29.0 Å². The lowest BCUT2D eigenvalue weighted by molar-refractivity contribution is -0.140. The first-order chi connectivity index (χ1) is 16.9. The van der Waals surface area contributed by atoms with Crippen molar-refractivity contribution >= 4 is 23.4 Å². The molecule has 0 saturated carbocycles. The maximum Gasteiger partial charge on any atom is 0.338 e. The van der Waals surface area contributed by atoms with E-state index in [1.165, 1.54) is 12.0 Å². The van der Waals surface area contributed by atoms with Crippen molar-refractivity contribution in [1.82, 2.24) is 9.88 Å². The summed E-state index contributed by atoms with van der Waals surface area (Å²) in [6, 6.07) is 15.9. The van der Waals surface area contributed by atoms with Gasteiger partial charge in [-0.1, -0.05) is 30.3 Å². The number of likely N-dealkylation sites (tertiary alicyclic amines) is 1. The van der Waals surface area contributed by atoms with Crippen LogP contribution in [0.25, 0.3) is 5.76 Å². The molecule has 35 heavy (non-hydrogen) atoms. The van der Waals surface area contributed by atoms with Crippen molar-refractivity contribution in [2.24, 2.45) is 0 Å². The van der Waals surface area contributed by atoms with Crippen LogP contribution >= 0.6 is 0 Å². The fraction of sp³-hybridized carbons (Fsp3) is 0.185. The molecule has 0 spiro atoms. The standard InChI is InChI=1S/C27H24N2O6/c1-3-35-27(33)18-11-9-17(10-12-18)16-29-23(20-7-5-13-28-15-20)22(25(31)26(29)32)24(30)19-6-4-8-21(14-19)34-2/h4-15,23,30H,3,16H2,1-2H3/b24-22+. The van der Waals surface area contributed by atoms with Gasteiger partial charge in [0.2, 0.25) is 0 Å². The minimum Gasteiger partial charge on any atom is -0.507 e. The SMILES string of the molecule is CCOC(=O)c1ccc(CN2C(=O)C(=O)/C(=C(/O)c3cccc(OC)c3)C2c2cccnc2)cc1. The highest BCUT2D eigenvalue weighted by atomic mass is 16.5. The van der Waals surface area contributed by atoms with Gasteiger partial charge in [-0.05, 0) is 48.4 Å². The average molecular weight is 472 g/mol. The zero-order valence-electron chi connectivity index (χ0n) is 19.3. The molecule has 1 N–H and O–H groups in total. The highest BCUT2D eigenvalue weighted by molar-refractivity contribution is 6.46. The van der Waals surface area contributed by atoms with Crippen LogP contribution in [0.2, 0.25) is 0 Å². The van der Waals surface area contributed by atoms with E-state index in [0.29, 0.717) is 28.0 Å². The van der Waals surface area contributed by atoms with Crippen LogP contribution in [0.5, 0.6) is 5.75 Å². The molecule has 178 valence electrons. The molecule has 1 unspecified atom stereocenters. The summed E-state index contributed by atoms with van der Waals surface area (Å²) in [6.07, 6.45) is 3.15. The average Bonchev–Trinajstić information content (AvgIpc) is 3.14. The van der Waals surface area contributed by atoms with Gasteiger partial charge < -0.3 is 19.5 Å². The van der Waals surface area contributed by atoms with Crippen LogP contribution < -0.4 is 4.74 Å². The lowest BCUT2D eigenvalue weighted by Gasteiger charge is -2.25. The highest BCUT2D eigenvalue weighted by Gasteiger charge is 2.46. The Labute approximate surface area is 202 Å². The predicted octanol–water partition coefficient (Wildman–Crippen LogP) is 3.89. The zero-order chi connectivity index (χ0) is 24.9. The molecule has 2 aromatic carbocycles. The zero-order valence-corrected chi connectivity index (χ0v) is 19.3. The molecule has 0 radical (unpaired) electrons. The van der Waals surface area contributed by atoms with E-state index in [4.69, 9.17) is 9.47 Å². The minimum absolute atomic E-state index is 0.0283. The van der Waals surface area contributed by atoms with Crippen LogP contribution in [-0.4, -0.2) is 46.4 Å². The number of pyridine rings is 1. The second-order valence-corrected chi connectivity index (χ2v) is 7.86. The largest absolute Gasteiger partial charge is 0.507 e. The number of rotatable bonds is 7. The maximum atomic E-state index is 13.2. The van der Waals surface area contributed by atoms with E-state index in [-0.39, 0.29) is 24.5 Å². The topological polar surface area (TPSA) is 106 Å². The monoisotopic (exact) mass is 472 g/mol. The number of benzene rings is 2.